The van der Waals surface area contributed by atoms with E-state index >= 15 is 0 Å². The van der Waals surface area contributed by atoms with Crippen molar-refractivity contribution < 1.29 is 14.3 Å². The lowest BCUT2D eigenvalue weighted by atomic mass is 10.1. The van der Waals surface area contributed by atoms with Gasteiger partial charge in [0.05, 0.1) is 16.2 Å². The van der Waals surface area contributed by atoms with Crippen LogP contribution in [0.15, 0.2) is 54.6 Å². The summed E-state index contributed by atoms with van der Waals surface area (Å²) in [4.78, 5) is 25.9. The third kappa shape index (κ3) is 5.06. The predicted octanol–water partition coefficient (Wildman–Crippen LogP) is 3.88. The third-order valence-corrected chi connectivity index (χ3v) is 7.07. The summed E-state index contributed by atoms with van der Waals surface area (Å²) in [6.07, 6.45) is 0. The maximum atomic E-state index is 12.4. The molecule has 0 atom stereocenters. The number of ether oxygens (including phenoxy) is 1. The number of hydrogen-bond acceptors (Lipinski definition) is 6. The van der Waals surface area contributed by atoms with Crippen molar-refractivity contribution in [1.29, 1.82) is 5.26 Å². The van der Waals surface area contributed by atoms with E-state index in [1.54, 1.807) is 36.4 Å². The van der Waals surface area contributed by atoms with Gasteiger partial charge in [0.15, 0.2) is 6.61 Å². The molecule has 5 nitrogen and oxygen atoms in total. The average Bonchev–Trinajstić information content (AvgIpc) is 3.25. The third-order valence-electron chi connectivity index (χ3n) is 3.96. The highest BCUT2D eigenvalue weighted by Crippen LogP contribution is 2.45. The molecule has 0 aliphatic carbocycles. The van der Waals surface area contributed by atoms with Crippen LogP contribution >= 0.6 is 23.5 Å². The molecule has 0 saturated carbocycles. The van der Waals surface area contributed by atoms with Crippen molar-refractivity contribution in [2.75, 3.05) is 29.6 Å². The Bertz CT molecular complexity index is 829. The van der Waals surface area contributed by atoms with Gasteiger partial charge >= 0.3 is 5.97 Å². The highest BCUT2D eigenvalue weighted by molar-refractivity contribution is 8.19. The van der Waals surface area contributed by atoms with Crippen molar-refractivity contribution in [2.45, 2.75) is 4.58 Å². The van der Waals surface area contributed by atoms with E-state index in [-0.39, 0.29) is 6.54 Å². The van der Waals surface area contributed by atoms with Gasteiger partial charge in [-0.25, -0.2) is 4.79 Å². The van der Waals surface area contributed by atoms with E-state index in [4.69, 9.17) is 10.00 Å². The van der Waals surface area contributed by atoms with Crippen LogP contribution in [0, 0.1) is 11.3 Å². The zero-order chi connectivity index (χ0) is 19.1. The molecule has 0 spiro atoms. The van der Waals surface area contributed by atoms with Crippen LogP contribution < -0.4 is 4.90 Å². The van der Waals surface area contributed by atoms with E-state index in [1.807, 2.05) is 47.8 Å². The summed E-state index contributed by atoms with van der Waals surface area (Å²) in [6, 6.07) is 18.1. The van der Waals surface area contributed by atoms with Crippen molar-refractivity contribution in [2.24, 2.45) is 0 Å². The molecule has 1 aliphatic rings. The standard InChI is InChI=1S/C20H18N2O3S2/c21-10-11-22(17-4-2-1-3-5-17)18(23)14-25-19(24)15-6-8-16(9-7-15)20-26-12-13-27-20/h1-9,20H,11-14H2. The molecule has 0 N–H and O–H groups in total. The van der Waals surface area contributed by atoms with Crippen LogP contribution in [0.1, 0.15) is 20.5 Å². The second kappa shape index (κ2) is 9.49. The molecule has 0 unspecified atom stereocenters. The molecule has 2 aromatic rings. The monoisotopic (exact) mass is 398 g/mol. The number of nitrogens with zero attached hydrogens (tertiary/aromatic N) is 2. The highest BCUT2D eigenvalue weighted by atomic mass is 32.2. The number of nitriles is 1. The summed E-state index contributed by atoms with van der Waals surface area (Å²) in [5.74, 6) is 1.29. The number of carbonyl (C=O) groups excluding carboxylic acids is 2. The lowest BCUT2D eigenvalue weighted by molar-refractivity contribution is -0.121. The number of anilines is 1. The van der Waals surface area contributed by atoms with E-state index in [9.17, 15) is 9.59 Å². The maximum Gasteiger partial charge on any atom is 0.338 e. The molecule has 2 aromatic carbocycles. The fourth-order valence-electron chi connectivity index (χ4n) is 2.62. The summed E-state index contributed by atoms with van der Waals surface area (Å²) in [6.45, 7) is -0.517. The van der Waals surface area contributed by atoms with Crippen LogP contribution in [0.25, 0.3) is 0 Å². The minimum Gasteiger partial charge on any atom is -0.452 e. The summed E-state index contributed by atoms with van der Waals surface area (Å²) in [5.41, 5.74) is 2.18. The number of esters is 1. The molecule has 0 bridgehead atoms. The van der Waals surface area contributed by atoms with Crippen molar-refractivity contribution >= 4 is 41.1 Å². The van der Waals surface area contributed by atoms with Crippen molar-refractivity contribution in [3.8, 4) is 6.07 Å². The Kier molecular flexibility index (Phi) is 6.80. The summed E-state index contributed by atoms with van der Waals surface area (Å²) >= 11 is 3.80. The van der Waals surface area contributed by atoms with Crippen LogP contribution in [0.2, 0.25) is 0 Å². The molecule has 3 rings (SSSR count). The molecule has 1 saturated heterocycles. The van der Waals surface area contributed by atoms with Crippen molar-refractivity contribution in [3.05, 3.63) is 65.7 Å². The Morgan fingerprint density at radius 1 is 1.07 bits per heavy atom. The number of amides is 1. The Morgan fingerprint density at radius 3 is 2.37 bits per heavy atom. The zero-order valence-corrected chi connectivity index (χ0v) is 16.2. The van der Waals surface area contributed by atoms with E-state index in [0.29, 0.717) is 15.8 Å². The first-order valence-corrected chi connectivity index (χ1v) is 10.5. The Balaban J connectivity index is 1.59. The largest absolute Gasteiger partial charge is 0.452 e. The number of carbonyl (C=O) groups is 2. The molecular formula is C20H18N2O3S2. The van der Waals surface area contributed by atoms with Gasteiger partial charge in [0, 0.05) is 17.2 Å². The fraction of sp³-hybridized carbons (Fsp3) is 0.250. The maximum absolute atomic E-state index is 12.4. The van der Waals surface area contributed by atoms with Gasteiger partial charge in [0.25, 0.3) is 5.91 Å². The van der Waals surface area contributed by atoms with E-state index < -0.39 is 18.5 Å². The molecule has 27 heavy (non-hydrogen) atoms. The molecule has 138 valence electrons. The normalized spacial score (nSPS) is 13.7. The molecule has 1 heterocycles. The topological polar surface area (TPSA) is 70.4 Å². The number of rotatable bonds is 6. The quantitative estimate of drug-likeness (QED) is 0.543. The number of para-hydroxylation sites is 1. The summed E-state index contributed by atoms with van der Waals surface area (Å²) in [5, 5.41) is 8.96. The SMILES string of the molecule is N#CCN(C(=O)COC(=O)c1ccc(C2SCCS2)cc1)c1ccccc1. The van der Waals surface area contributed by atoms with Gasteiger partial charge in [0.2, 0.25) is 0 Å². The molecule has 7 heteroatoms. The average molecular weight is 399 g/mol. The first-order chi connectivity index (χ1) is 13.2. The minimum atomic E-state index is -0.549. The lowest BCUT2D eigenvalue weighted by Gasteiger charge is -2.19. The van der Waals surface area contributed by atoms with Crippen LogP contribution in [-0.2, 0) is 9.53 Å². The van der Waals surface area contributed by atoms with E-state index in [2.05, 4.69) is 0 Å². The second-order valence-corrected chi connectivity index (χ2v) is 8.47. The number of hydrogen-bond donors (Lipinski definition) is 0. The van der Waals surface area contributed by atoms with Gasteiger partial charge in [-0.1, -0.05) is 30.3 Å². The molecule has 1 fully saturated rings. The Hall–Kier alpha value is -2.43. The van der Waals surface area contributed by atoms with Crippen molar-refractivity contribution in [1.82, 2.24) is 0 Å². The van der Waals surface area contributed by atoms with Crippen LogP contribution in [0.5, 0.6) is 0 Å². The minimum absolute atomic E-state index is 0.105. The molecule has 1 aliphatic heterocycles. The van der Waals surface area contributed by atoms with Crippen LogP contribution in [-0.4, -0.2) is 36.5 Å². The molecule has 1 amide bonds. The number of thioether (sulfide) groups is 2. The molecular weight excluding hydrogens is 380 g/mol. The zero-order valence-electron chi connectivity index (χ0n) is 14.5. The Labute approximate surface area is 166 Å². The summed E-state index contributed by atoms with van der Waals surface area (Å²) in [7, 11) is 0. The van der Waals surface area contributed by atoms with E-state index in [1.165, 1.54) is 10.5 Å². The van der Waals surface area contributed by atoms with Gasteiger partial charge in [-0.3, -0.25) is 9.69 Å². The van der Waals surface area contributed by atoms with Crippen LogP contribution in [0.3, 0.4) is 0 Å². The van der Waals surface area contributed by atoms with Gasteiger partial charge < -0.3 is 4.74 Å². The first kappa shape index (κ1) is 19.3. The van der Waals surface area contributed by atoms with E-state index in [0.717, 1.165) is 11.5 Å². The Morgan fingerprint density at radius 2 is 1.74 bits per heavy atom. The smallest absolute Gasteiger partial charge is 0.338 e. The first-order valence-electron chi connectivity index (χ1n) is 8.41. The molecule has 0 aromatic heterocycles. The predicted molar refractivity (Wildman–Crippen MR) is 109 cm³/mol. The van der Waals surface area contributed by atoms with Crippen LogP contribution in [0.4, 0.5) is 5.69 Å². The van der Waals surface area contributed by atoms with Gasteiger partial charge in [-0.15, -0.1) is 23.5 Å². The highest BCUT2D eigenvalue weighted by Gasteiger charge is 2.20. The summed E-state index contributed by atoms with van der Waals surface area (Å²) < 4.78 is 5.57. The van der Waals surface area contributed by atoms with Gasteiger partial charge in [0.1, 0.15) is 6.54 Å². The number of benzene rings is 2. The van der Waals surface area contributed by atoms with Crippen molar-refractivity contribution in [3.63, 3.8) is 0 Å². The second-order valence-electron chi connectivity index (χ2n) is 5.75. The fourth-order valence-corrected chi connectivity index (χ4v) is 5.48. The van der Waals surface area contributed by atoms with Gasteiger partial charge in [-0.05, 0) is 29.8 Å². The molecule has 0 radical (unpaired) electrons. The van der Waals surface area contributed by atoms with Gasteiger partial charge in [-0.2, -0.15) is 5.26 Å². The lowest BCUT2D eigenvalue weighted by Crippen LogP contribution is -2.35.